The Balaban J connectivity index is 1.35. The monoisotopic (exact) mass is 674 g/mol. The number of methoxy groups -OCH3 is 1. The molecule has 0 bridgehead atoms. The summed E-state index contributed by atoms with van der Waals surface area (Å²) >= 11 is 3.64. The second kappa shape index (κ2) is 13.0. The van der Waals surface area contributed by atoms with Crippen LogP contribution in [-0.2, 0) is 7.05 Å². The topological polar surface area (TPSA) is 109 Å². The summed E-state index contributed by atoms with van der Waals surface area (Å²) in [6.07, 6.45) is 9.14. The molecule has 3 aromatic heterocycles. The Morgan fingerprint density at radius 2 is 1.77 bits per heavy atom. The van der Waals surface area contributed by atoms with Crippen molar-refractivity contribution in [1.82, 2.24) is 34.6 Å². The maximum atomic E-state index is 5.91. The molecule has 44 heavy (non-hydrogen) atoms. The second-order valence-electron chi connectivity index (χ2n) is 10.8. The van der Waals surface area contributed by atoms with Crippen LogP contribution in [0.2, 0.25) is 0 Å². The van der Waals surface area contributed by atoms with Crippen LogP contribution in [0.15, 0.2) is 59.7 Å². The van der Waals surface area contributed by atoms with Gasteiger partial charge in [0.05, 0.1) is 34.5 Å². The van der Waals surface area contributed by atoms with Crippen molar-refractivity contribution in [2.24, 2.45) is 7.05 Å². The maximum Gasteiger partial charge on any atom is 0.229 e. The minimum atomic E-state index is -0.482. The van der Waals surface area contributed by atoms with Crippen molar-refractivity contribution in [2.75, 3.05) is 68.7 Å². The summed E-state index contributed by atoms with van der Waals surface area (Å²) in [5, 5.41) is 12.5. The zero-order valence-corrected chi connectivity index (χ0v) is 28.0. The third-order valence-electron chi connectivity index (χ3n) is 7.80. The number of halogens is 1. The fourth-order valence-electron chi connectivity index (χ4n) is 5.53. The summed E-state index contributed by atoms with van der Waals surface area (Å²) < 4.78 is 8.48. The highest BCUT2D eigenvalue weighted by molar-refractivity contribution is 9.10. The highest BCUT2D eigenvalue weighted by Gasteiger charge is 2.23. The van der Waals surface area contributed by atoms with Gasteiger partial charge in [-0.15, -0.1) is 0 Å². The Kier molecular flexibility index (Phi) is 8.93. The molecular formula is C31H36BrN10OP. The van der Waals surface area contributed by atoms with Gasteiger partial charge in [-0.1, -0.05) is 14.8 Å². The van der Waals surface area contributed by atoms with Crippen LogP contribution in [0.4, 0.5) is 28.8 Å². The molecule has 1 fully saturated rings. The summed E-state index contributed by atoms with van der Waals surface area (Å²) in [5.41, 5.74) is 6.72. The SMILES string of the molecule is CCN1CCN(c2cc(OC)c(Nc3ncc(Br)c(Nc4ccc5nccnc5c4P(C)C)n3)cc2-c2cnn(C)c2)CC1. The first-order valence-electron chi connectivity index (χ1n) is 14.5. The molecule has 1 aliphatic rings. The van der Waals surface area contributed by atoms with E-state index in [-0.39, 0.29) is 0 Å². The molecule has 1 aliphatic heterocycles. The van der Waals surface area contributed by atoms with Gasteiger partial charge in [0.25, 0.3) is 0 Å². The smallest absolute Gasteiger partial charge is 0.229 e. The molecule has 11 nitrogen and oxygen atoms in total. The number of nitrogens with zero attached hydrogens (tertiary/aromatic N) is 8. The molecular weight excluding hydrogens is 639 g/mol. The van der Waals surface area contributed by atoms with Crippen molar-refractivity contribution in [3.63, 3.8) is 0 Å². The number of fused-ring (bicyclic) bond motifs is 1. The van der Waals surface area contributed by atoms with Crippen LogP contribution in [0.25, 0.3) is 22.2 Å². The van der Waals surface area contributed by atoms with E-state index in [2.05, 4.69) is 88.8 Å². The van der Waals surface area contributed by atoms with Crippen LogP contribution in [0, 0.1) is 0 Å². The van der Waals surface area contributed by atoms with Crippen molar-refractivity contribution in [3.8, 4) is 16.9 Å². The molecule has 1 saturated heterocycles. The van der Waals surface area contributed by atoms with E-state index in [1.54, 1.807) is 25.7 Å². The highest BCUT2D eigenvalue weighted by Crippen LogP contribution is 2.41. The summed E-state index contributed by atoms with van der Waals surface area (Å²) in [4.78, 5) is 23.5. The lowest BCUT2D eigenvalue weighted by atomic mass is 10.0. The van der Waals surface area contributed by atoms with E-state index >= 15 is 0 Å². The normalized spacial score (nSPS) is 13.9. The molecule has 5 aromatic rings. The first-order chi connectivity index (χ1) is 21.3. The number of aromatic nitrogens is 6. The molecule has 0 atom stereocenters. The number of hydrogen-bond acceptors (Lipinski definition) is 10. The highest BCUT2D eigenvalue weighted by atomic mass is 79.9. The lowest BCUT2D eigenvalue weighted by Crippen LogP contribution is -2.46. The van der Waals surface area contributed by atoms with Gasteiger partial charge < -0.3 is 25.2 Å². The minimum absolute atomic E-state index is 0.438. The fourth-order valence-corrected chi connectivity index (χ4v) is 7.03. The van der Waals surface area contributed by atoms with Gasteiger partial charge in [-0.3, -0.25) is 14.6 Å². The Labute approximate surface area is 267 Å². The molecule has 0 aliphatic carbocycles. The van der Waals surface area contributed by atoms with Crippen LogP contribution in [0.5, 0.6) is 5.75 Å². The van der Waals surface area contributed by atoms with Crippen molar-refractivity contribution in [1.29, 1.82) is 0 Å². The molecule has 2 N–H and O–H groups in total. The molecule has 0 spiro atoms. The van der Waals surface area contributed by atoms with Gasteiger partial charge in [-0.2, -0.15) is 10.1 Å². The van der Waals surface area contributed by atoms with E-state index in [0.29, 0.717) is 17.5 Å². The van der Waals surface area contributed by atoms with E-state index in [9.17, 15) is 0 Å². The van der Waals surface area contributed by atoms with Crippen molar-refractivity contribution < 1.29 is 4.74 Å². The lowest BCUT2D eigenvalue weighted by molar-refractivity contribution is 0.271. The lowest BCUT2D eigenvalue weighted by Gasteiger charge is -2.36. The largest absolute Gasteiger partial charge is 0.494 e. The summed E-state index contributed by atoms with van der Waals surface area (Å²) in [6, 6.07) is 8.24. The molecule has 0 radical (unpaired) electrons. The number of nitrogens with one attached hydrogen (secondary N) is 2. The van der Waals surface area contributed by atoms with Gasteiger partial charge in [-0.05, 0) is 54.0 Å². The Morgan fingerprint density at radius 3 is 2.48 bits per heavy atom. The van der Waals surface area contributed by atoms with Gasteiger partial charge >= 0.3 is 0 Å². The number of benzene rings is 2. The van der Waals surface area contributed by atoms with Crippen LogP contribution in [0.1, 0.15) is 6.92 Å². The average Bonchev–Trinajstić information content (AvgIpc) is 3.48. The van der Waals surface area contributed by atoms with Crippen LogP contribution >= 0.6 is 23.9 Å². The standard InChI is InChI=1S/C31H36BrN10OP/c1-6-41-11-13-42(14-12-41)26-16-27(43-3)25(15-21(26)20-17-36-40(2)19-20)38-31-35-18-22(32)30(39-31)37-24-8-7-23-28(29(24)44(4)5)34-10-9-33-23/h7-10,15-19H,6,11-14H2,1-5H3,(H2,35,37,38,39). The van der Waals surface area contributed by atoms with Gasteiger partial charge in [-0.25, -0.2) is 4.98 Å². The zero-order chi connectivity index (χ0) is 30.8. The number of anilines is 5. The summed E-state index contributed by atoms with van der Waals surface area (Å²) in [7, 11) is 3.14. The maximum absolute atomic E-state index is 5.91. The number of rotatable bonds is 9. The van der Waals surface area contributed by atoms with E-state index < -0.39 is 7.92 Å². The fraction of sp³-hybridized carbons (Fsp3) is 0.323. The minimum Gasteiger partial charge on any atom is -0.494 e. The van der Waals surface area contributed by atoms with Gasteiger partial charge in [0.15, 0.2) is 0 Å². The molecule has 2 aromatic carbocycles. The Bertz CT molecular complexity index is 1790. The van der Waals surface area contributed by atoms with E-state index in [1.165, 1.54) is 0 Å². The van der Waals surface area contributed by atoms with E-state index in [1.807, 2.05) is 36.3 Å². The number of hydrogen-bond donors (Lipinski definition) is 2. The number of ether oxygens (including phenoxy) is 1. The first-order valence-corrected chi connectivity index (χ1v) is 17.5. The van der Waals surface area contributed by atoms with Gasteiger partial charge in [0.1, 0.15) is 11.6 Å². The van der Waals surface area contributed by atoms with Crippen LogP contribution in [-0.4, -0.2) is 87.8 Å². The van der Waals surface area contributed by atoms with Gasteiger partial charge in [0, 0.05) is 91.9 Å². The van der Waals surface area contributed by atoms with Crippen LogP contribution < -0.4 is 25.6 Å². The Hall–Kier alpha value is -3.86. The quantitative estimate of drug-likeness (QED) is 0.192. The summed E-state index contributed by atoms with van der Waals surface area (Å²) in [6.45, 7) is 11.6. The molecule has 0 unspecified atom stereocenters. The zero-order valence-electron chi connectivity index (χ0n) is 25.5. The number of piperazine rings is 1. The predicted molar refractivity (Wildman–Crippen MR) is 184 cm³/mol. The Morgan fingerprint density at radius 1 is 0.977 bits per heavy atom. The third kappa shape index (κ3) is 6.20. The molecule has 6 rings (SSSR count). The van der Waals surface area contributed by atoms with Crippen LogP contribution in [0.3, 0.4) is 0 Å². The molecule has 13 heteroatoms. The average molecular weight is 676 g/mol. The third-order valence-corrected chi connectivity index (χ3v) is 9.73. The van der Waals surface area contributed by atoms with Crippen molar-refractivity contribution >= 4 is 69.0 Å². The molecule has 0 amide bonds. The predicted octanol–water partition coefficient (Wildman–Crippen LogP) is 5.59. The number of aryl methyl sites for hydroxylation is 1. The molecule has 0 saturated carbocycles. The first kappa shape index (κ1) is 30.2. The molecule has 4 heterocycles. The van der Waals surface area contributed by atoms with E-state index in [0.717, 1.165) is 81.7 Å². The van der Waals surface area contributed by atoms with Gasteiger partial charge in [0.2, 0.25) is 5.95 Å². The number of likely N-dealkylation sites (N-methyl/N-ethyl adjacent to an activating group) is 1. The van der Waals surface area contributed by atoms with E-state index in [4.69, 9.17) is 9.72 Å². The van der Waals surface area contributed by atoms with Crippen molar-refractivity contribution in [3.05, 3.63) is 59.7 Å². The van der Waals surface area contributed by atoms with Crippen molar-refractivity contribution in [2.45, 2.75) is 6.92 Å². The molecule has 228 valence electrons. The summed E-state index contributed by atoms with van der Waals surface area (Å²) in [5.74, 6) is 1.79. The second-order valence-corrected chi connectivity index (χ2v) is 13.9.